The summed E-state index contributed by atoms with van der Waals surface area (Å²) in [5.41, 5.74) is 24.0. The van der Waals surface area contributed by atoms with Crippen LogP contribution in [0.4, 0.5) is 0 Å². The topological polar surface area (TPSA) is 46.0 Å². The van der Waals surface area contributed by atoms with Crippen molar-refractivity contribution in [1.82, 2.24) is 25.0 Å². The lowest BCUT2D eigenvalue weighted by Crippen LogP contribution is -2.33. The summed E-state index contributed by atoms with van der Waals surface area (Å²) in [6, 6.07) is 86.3. The molecule has 0 radical (unpaired) electrons. The number of aromatic nitrogens is 3. The van der Waals surface area contributed by atoms with Crippen LogP contribution in [-0.2, 0) is 0 Å². The molecule has 2 aliphatic heterocycles. The number of nitrogens with one attached hydrogen (secondary N) is 1. The molecule has 2 aromatic heterocycles. The first kappa shape index (κ1) is 39.5. The van der Waals surface area contributed by atoms with E-state index in [0.717, 1.165) is 50.6 Å². The average molecular weight is 870 g/mol. The van der Waals surface area contributed by atoms with E-state index in [1.807, 2.05) is 18.2 Å². The molecule has 0 saturated carbocycles. The highest BCUT2D eigenvalue weighted by Gasteiger charge is 2.39. The van der Waals surface area contributed by atoms with Gasteiger partial charge < -0.3 is 4.57 Å². The van der Waals surface area contributed by atoms with Crippen LogP contribution in [0, 0.1) is 0 Å². The van der Waals surface area contributed by atoms with Gasteiger partial charge in [-0.3, -0.25) is 5.01 Å². The van der Waals surface area contributed by atoms with Crippen molar-refractivity contribution in [2.75, 3.05) is 0 Å². The maximum atomic E-state index is 5.20. The minimum Gasteiger partial charge on any atom is -0.309 e. The van der Waals surface area contributed by atoms with Gasteiger partial charge in [0.05, 0.1) is 39.9 Å². The van der Waals surface area contributed by atoms with Gasteiger partial charge in [0.1, 0.15) is 0 Å². The lowest BCUT2D eigenvalue weighted by Gasteiger charge is -2.32. The predicted molar refractivity (Wildman–Crippen MR) is 280 cm³/mol. The minimum absolute atomic E-state index is 0.0499. The van der Waals surface area contributed by atoms with Gasteiger partial charge in [0.2, 0.25) is 0 Å². The average Bonchev–Trinajstić information content (AvgIpc) is 3.99. The molecule has 0 saturated heterocycles. The third-order valence-electron chi connectivity index (χ3n) is 13.4. The van der Waals surface area contributed by atoms with Gasteiger partial charge >= 0.3 is 0 Å². The van der Waals surface area contributed by atoms with Crippen molar-refractivity contribution in [3.8, 4) is 50.7 Å². The summed E-state index contributed by atoms with van der Waals surface area (Å²) in [6.45, 7) is 0. The second-order valence-electron chi connectivity index (χ2n) is 17.4. The Morgan fingerprint density at radius 1 is 0.397 bits per heavy atom. The molecule has 2 aliphatic rings. The number of hydrogen-bond acceptors (Lipinski definition) is 4. The smallest absolute Gasteiger partial charge is 0.160 e. The highest BCUT2D eigenvalue weighted by molar-refractivity contribution is 6.09. The SMILES string of the molecule is C1=C(c2ccccc2)N2NC(c3ccccc3)C(c3ccccc3)=C2c2cccc(-c3ccc(-c4cc(-c5ccc(-n6c7ccccc7c7ccccc76)cc5)nc(-c5ccccc5)n4)cc3)c21. The summed E-state index contributed by atoms with van der Waals surface area (Å²) in [6.07, 6.45) is 2.36. The van der Waals surface area contributed by atoms with E-state index in [1.54, 1.807) is 0 Å². The summed E-state index contributed by atoms with van der Waals surface area (Å²) in [5, 5.41) is 4.81. The van der Waals surface area contributed by atoms with Crippen LogP contribution >= 0.6 is 0 Å². The Labute approximate surface area is 395 Å². The molecule has 4 heterocycles. The number of benzene rings is 9. The quantitative estimate of drug-likeness (QED) is 0.165. The second kappa shape index (κ2) is 16.5. The number of para-hydroxylation sites is 2. The van der Waals surface area contributed by atoms with Gasteiger partial charge in [0, 0.05) is 44.3 Å². The lowest BCUT2D eigenvalue weighted by atomic mass is 9.85. The molecule has 1 atom stereocenters. The van der Waals surface area contributed by atoms with Gasteiger partial charge in [-0.2, -0.15) is 0 Å². The molecular weight excluding hydrogens is 827 g/mol. The maximum absolute atomic E-state index is 5.20. The fourth-order valence-corrected chi connectivity index (χ4v) is 10.2. The second-order valence-corrected chi connectivity index (χ2v) is 17.4. The standard InChI is InChI=1S/C63H43N5/c1-5-18-45(19-6-1)59-40-54-50(28-17-29-53(54)62-60(46-20-7-2-8-21-46)61(66-68(59)62)47-22-9-3-10-23-47)42-32-34-43(35-33-42)55-41-56(65-63(64-55)48-24-11-4-12-25-48)44-36-38-49(39-37-44)67-57-30-15-13-26-51(57)52-27-14-16-31-58(52)67/h1-41,61,66H. The Morgan fingerprint density at radius 3 is 1.51 bits per heavy atom. The first-order valence-electron chi connectivity index (χ1n) is 23.2. The van der Waals surface area contributed by atoms with E-state index in [1.165, 1.54) is 60.9 Å². The molecule has 9 aromatic carbocycles. The van der Waals surface area contributed by atoms with E-state index < -0.39 is 0 Å². The van der Waals surface area contributed by atoms with E-state index in [0.29, 0.717) is 5.82 Å². The first-order valence-corrected chi connectivity index (χ1v) is 23.2. The Bertz CT molecular complexity index is 3670. The molecule has 0 fully saturated rings. The van der Waals surface area contributed by atoms with Crippen molar-refractivity contribution in [3.05, 3.63) is 270 Å². The van der Waals surface area contributed by atoms with Crippen LogP contribution in [0.2, 0.25) is 0 Å². The van der Waals surface area contributed by atoms with Gasteiger partial charge in [0.25, 0.3) is 0 Å². The molecule has 1 unspecified atom stereocenters. The highest BCUT2D eigenvalue weighted by atomic mass is 15.6. The van der Waals surface area contributed by atoms with Crippen LogP contribution in [0.15, 0.2) is 243 Å². The van der Waals surface area contributed by atoms with E-state index in [4.69, 9.17) is 9.97 Å². The summed E-state index contributed by atoms with van der Waals surface area (Å²) < 4.78 is 2.35. The maximum Gasteiger partial charge on any atom is 0.160 e. The Kier molecular flexibility index (Phi) is 9.58. The summed E-state index contributed by atoms with van der Waals surface area (Å²) in [5.74, 6) is 0.690. The zero-order valence-electron chi connectivity index (χ0n) is 37.0. The molecule has 1 N–H and O–H groups in total. The van der Waals surface area contributed by atoms with Crippen molar-refractivity contribution in [1.29, 1.82) is 0 Å². The fraction of sp³-hybridized carbons (Fsp3) is 0.0159. The molecule has 0 bridgehead atoms. The Morgan fingerprint density at radius 2 is 0.897 bits per heavy atom. The summed E-state index contributed by atoms with van der Waals surface area (Å²) in [7, 11) is 0. The largest absolute Gasteiger partial charge is 0.309 e. The fourth-order valence-electron chi connectivity index (χ4n) is 10.2. The third kappa shape index (κ3) is 6.76. The van der Waals surface area contributed by atoms with Crippen molar-refractivity contribution in [2.45, 2.75) is 6.04 Å². The van der Waals surface area contributed by atoms with Crippen LogP contribution in [0.5, 0.6) is 0 Å². The van der Waals surface area contributed by atoms with Gasteiger partial charge in [0.15, 0.2) is 5.82 Å². The van der Waals surface area contributed by atoms with Crippen molar-refractivity contribution in [3.63, 3.8) is 0 Å². The zero-order valence-corrected chi connectivity index (χ0v) is 37.0. The number of rotatable bonds is 8. The van der Waals surface area contributed by atoms with E-state index in [2.05, 4.69) is 246 Å². The summed E-state index contributed by atoms with van der Waals surface area (Å²) in [4.78, 5) is 10.4. The molecule has 5 heteroatoms. The molecule has 11 aromatic rings. The lowest BCUT2D eigenvalue weighted by molar-refractivity contribution is 0.405. The van der Waals surface area contributed by atoms with Gasteiger partial charge in [-0.05, 0) is 69.8 Å². The Hall–Kier alpha value is -8.90. The van der Waals surface area contributed by atoms with E-state index in [9.17, 15) is 0 Å². The van der Waals surface area contributed by atoms with Crippen LogP contribution in [0.25, 0.3) is 95.6 Å². The van der Waals surface area contributed by atoms with Gasteiger partial charge in [-0.15, -0.1) is 0 Å². The molecule has 0 aliphatic carbocycles. The van der Waals surface area contributed by atoms with Crippen molar-refractivity contribution >= 4 is 44.8 Å². The van der Waals surface area contributed by atoms with Gasteiger partial charge in [-0.1, -0.05) is 212 Å². The van der Waals surface area contributed by atoms with Crippen LogP contribution in [0.3, 0.4) is 0 Å². The van der Waals surface area contributed by atoms with E-state index >= 15 is 0 Å². The molecular formula is C63H43N5. The zero-order chi connectivity index (χ0) is 45.0. The van der Waals surface area contributed by atoms with Crippen LogP contribution in [0.1, 0.15) is 33.9 Å². The molecule has 5 nitrogen and oxygen atoms in total. The third-order valence-corrected chi connectivity index (χ3v) is 13.4. The minimum atomic E-state index is -0.0499. The van der Waals surface area contributed by atoms with Crippen molar-refractivity contribution < 1.29 is 0 Å². The van der Waals surface area contributed by atoms with Crippen molar-refractivity contribution in [2.24, 2.45) is 0 Å². The van der Waals surface area contributed by atoms with Crippen LogP contribution < -0.4 is 5.43 Å². The molecule has 0 amide bonds. The molecule has 0 spiro atoms. The first-order chi connectivity index (χ1) is 33.7. The Balaban J connectivity index is 0.914. The molecule has 13 rings (SSSR count). The number of fused-ring (bicyclic) bond motifs is 6. The highest BCUT2D eigenvalue weighted by Crippen LogP contribution is 2.51. The molecule has 320 valence electrons. The number of hydrogen-bond donors (Lipinski definition) is 1. The monoisotopic (exact) mass is 869 g/mol. The van der Waals surface area contributed by atoms with Crippen LogP contribution in [-0.4, -0.2) is 19.5 Å². The van der Waals surface area contributed by atoms with Gasteiger partial charge in [-0.25, -0.2) is 15.4 Å². The number of hydrazine groups is 1. The predicted octanol–water partition coefficient (Wildman–Crippen LogP) is 15.2. The van der Waals surface area contributed by atoms with E-state index in [-0.39, 0.29) is 6.04 Å². The molecule has 68 heavy (non-hydrogen) atoms. The summed E-state index contributed by atoms with van der Waals surface area (Å²) >= 11 is 0. The normalized spacial score (nSPS) is 14.3. The number of nitrogens with zero attached hydrogens (tertiary/aromatic N) is 4.